The lowest BCUT2D eigenvalue weighted by Crippen LogP contribution is -1.96. The first kappa shape index (κ1) is 12.8. The molecule has 2 aromatic heterocycles. The van der Waals surface area contributed by atoms with E-state index in [4.69, 9.17) is 5.11 Å². The summed E-state index contributed by atoms with van der Waals surface area (Å²) in [4.78, 5) is 12.4. The van der Waals surface area contributed by atoms with Crippen LogP contribution in [0.5, 0.6) is 0 Å². The van der Waals surface area contributed by atoms with Gasteiger partial charge in [0.15, 0.2) is 0 Å². The molecule has 0 spiro atoms. The van der Waals surface area contributed by atoms with E-state index in [0.29, 0.717) is 4.88 Å². The summed E-state index contributed by atoms with van der Waals surface area (Å²) in [6, 6.07) is 1.75. The summed E-state index contributed by atoms with van der Waals surface area (Å²) in [5.74, 6) is -0.867. The van der Waals surface area contributed by atoms with E-state index in [1.54, 1.807) is 6.07 Å². The normalized spacial score (nSPS) is 10.8. The highest BCUT2D eigenvalue weighted by Gasteiger charge is 2.17. The monoisotopic (exact) mass is 264 g/mol. The zero-order valence-corrected chi connectivity index (χ0v) is 11.5. The van der Waals surface area contributed by atoms with Gasteiger partial charge in [-0.3, -0.25) is 4.68 Å². The maximum atomic E-state index is 11.0. The van der Waals surface area contributed by atoms with Crippen LogP contribution in [0.3, 0.4) is 0 Å². The van der Waals surface area contributed by atoms with Crippen molar-refractivity contribution in [2.45, 2.75) is 26.7 Å². The Morgan fingerprint density at radius 1 is 1.56 bits per heavy atom. The van der Waals surface area contributed by atoms with Crippen LogP contribution in [0.25, 0.3) is 11.3 Å². The molecule has 0 atom stereocenters. The van der Waals surface area contributed by atoms with Crippen molar-refractivity contribution in [2.24, 2.45) is 7.05 Å². The molecule has 0 aliphatic carbocycles. The first-order valence-electron chi connectivity index (χ1n) is 5.89. The summed E-state index contributed by atoms with van der Waals surface area (Å²) >= 11 is 1.32. The van der Waals surface area contributed by atoms with Gasteiger partial charge in [-0.15, -0.1) is 11.3 Å². The van der Waals surface area contributed by atoms with Gasteiger partial charge in [0.1, 0.15) is 4.88 Å². The Hall–Kier alpha value is -1.62. The lowest BCUT2D eigenvalue weighted by molar-refractivity contribution is 0.0702. The van der Waals surface area contributed by atoms with Gasteiger partial charge in [-0.2, -0.15) is 5.10 Å². The average molecular weight is 264 g/mol. The Morgan fingerprint density at radius 2 is 2.28 bits per heavy atom. The highest BCUT2D eigenvalue weighted by atomic mass is 32.1. The standard InChI is InChI=1S/C13H16N2O2S/c1-4-5-9-7-14-15(3)12(9)10-6-11(13(16)17)18-8(10)2/h6-7H,4-5H2,1-3H3,(H,16,17). The molecule has 0 amide bonds. The number of aromatic nitrogens is 2. The lowest BCUT2D eigenvalue weighted by Gasteiger charge is -2.04. The minimum absolute atomic E-state index is 0.381. The van der Waals surface area contributed by atoms with Gasteiger partial charge in [-0.1, -0.05) is 13.3 Å². The predicted molar refractivity (Wildman–Crippen MR) is 72.2 cm³/mol. The minimum Gasteiger partial charge on any atom is -0.477 e. The van der Waals surface area contributed by atoms with Crippen molar-refractivity contribution < 1.29 is 9.90 Å². The van der Waals surface area contributed by atoms with Gasteiger partial charge in [-0.25, -0.2) is 4.79 Å². The second-order valence-corrected chi connectivity index (χ2v) is 5.53. The predicted octanol–water partition coefficient (Wildman–Crippen LogP) is 3.11. The van der Waals surface area contributed by atoms with E-state index in [1.165, 1.54) is 16.9 Å². The molecule has 2 rings (SSSR count). The van der Waals surface area contributed by atoms with Crippen LogP contribution in [0.15, 0.2) is 12.3 Å². The van der Waals surface area contributed by atoms with Gasteiger partial charge < -0.3 is 5.11 Å². The fourth-order valence-electron chi connectivity index (χ4n) is 2.11. The number of thiophene rings is 1. The molecule has 0 saturated heterocycles. The smallest absolute Gasteiger partial charge is 0.345 e. The van der Waals surface area contributed by atoms with Crippen LogP contribution in [-0.2, 0) is 13.5 Å². The maximum Gasteiger partial charge on any atom is 0.345 e. The van der Waals surface area contributed by atoms with Crippen molar-refractivity contribution in [3.05, 3.63) is 27.6 Å². The molecule has 0 aliphatic rings. The van der Waals surface area contributed by atoms with E-state index in [9.17, 15) is 4.79 Å². The van der Waals surface area contributed by atoms with E-state index >= 15 is 0 Å². The number of carbonyl (C=O) groups is 1. The lowest BCUT2D eigenvalue weighted by atomic mass is 10.1. The Morgan fingerprint density at radius 3 is 2.83 bits per heavy atom. The molecule has 5 heteroatoms. The molecule has 4 nitrogen and oxygen atoms in total. The number of hydrogen-bond donors (Lipinski definition) is 1. The second kappa shape index (κ2) is 4.94. The molecule has 0 bridgehead atoms. The quantitative estimate of drug-likeness (QED) is 0.923. The summed E-state index contributed by atoms with van der Waals surface area (Å²) in [6.45, 7) is 4.08. The molecule has 0 aromatic carbocycles. The number of aryl methyl sites for hydroxylation is 3. The van der Waals surface area contributed by atoms with Crippen molar-refractivity contribution in [1.29, 1.82) is 0 Å². The fraction of sp³-hybridized carbons (Fsp3) is 0.385. The van der Waals surface area contributed by atoms with Crippen LogP contribution in [0.1, 0.15) is 33.5 Å². The molecule has 1 N–H and O–H groups in total. The number of aromatic carboxylic acids is 1. The molecule has 2 heterocycles. The van der Waals surface area contributed by atoms with Crippen molar-refractivity contribution >= 4 is 17.3 Å². The molecular weight excluding hydrogens is 248 g/mol. The second-order valence-electron chi connectivity index (χ2n) is 4.28. The Bertz CT molecular complexity index is 584. The van der Waals surface area contributed by atoms with Gasteiger partial charge in [0.25, 0.3) is 0 Å². The van der Waals surface area contributed by atoms with Gasteiger partial charge in [-0.05, 0) is 25.0 Å². The first-order chi connectivity index (χ1) is 8.54. The van der Waals surface area contributed by atoms with E-state index in [1.807, 2.05) is 24.9 Å². The third-order valence-electron chi connectivity index (χ3n) is 2.92. The third-order valence-corrected chi connectivity index (χ3v) is 3.96. The number of rotatable bonds is 4. The Labute approximate surface area is 110 Å². The molecule has 0 saturated carbocycles. The number of hydrogen-bond acceptors (Lipinski definition) is 3. The van der Waals surface area contributed by atoms with Crippen LogP contribution in [0, 0.1) is 6.92 Å². The summed E-state index contributed by atoms with van der Waals surface area (Å²) in [6.07, 6.45) is 3.88. The number of carboxylic acids is 1. The molecule has 0 unspecified atom stereocenters. The van der Waals surface area contributed by atoms with Gasteiger partial charge >= 0.3 is 5.97 Å². The van der Waals surface area contributed by atoms with Crippen molar-refractivity contribution in [2.75, 3.05) is 0 Å². The molecule has 18 heavy (non-hydrogen) atoms. The van der Waals surface area contributed by atoms with Crippen LogP contribution < -0.4 is 0 Å². The van der Waals surface area contributed by atoms with Gasteiger partial charge in [0.2, 0.25) is 0 Å². The highest BCUT2D eigenvalue weighted by molar-refractivity contribution is 7.14. The molecule has 0 fully saturated rings. The molecule has 0 aliphatic heterocycles. The van der Waals surface area contributed by atoms with Crippen LogP contribution in [0.2, 0.25) is 0 Å². The van der Waals surface area contributed by atoms with Crippen molar-refractivity contribution in [3.8, 4) is 11.3 Å². The van der Waals surface area contributed by atoms with E-state index in [2.05, 4.69) is 12.0 Å². The van der Waals surface area contributed by atoms with Crippen molar-refractivity contribution in [1.82, 2.24) is 9.78 Å². The van der Waals surface area contributed by atoms with Crippen LogP contribution >= 0.6 is 11.3 Å². The minimum atomic E-state index is -0.867. The molecule has 96 valence electrons. The Balaban J connectivity index is 2.54. The van der Waals surface area contributed by atoms with E-state index in [0.717, 1.165) is 29.0 Å². The zero-order chi connectivity index (χ0) is 13.3. The first-order valence-corrected chi connectivity index (χ1v) is 6.71. The van der Waals surface area contributed by atoms with E-state index in [-0.39, 0.29) is 0 Å². The largest absolute Gasteiger partial charge is 0.477 e. The van der Waals surface area contributed by atoms with Crippen LogP contribution in [-0.4, -0.2) is 20.9 Å². The maximum absolute atomic E-state index is 11.0. The molecule has 2 aromatic rings. The number of carboxylic acid groups (broad SMARTS) is 1. The molecule has 0 radical (unpaired) electrons. The SMILES string of the molecule is CCCc1cnn(C)c1-c1cc(C(=O)O)sc1C. The summed E-state index contributed by atoms with van der Waals surface area (Å²) in [5, 5.41) is 13.3. The average Bonchev–Trinajstić information content (AvgIpc) is 2.84. The zero-order valence-electron chi connectivity index (χ0n) is 10.7. The Kier molecular flexibility index (Phi) is 3.52. The van der Waals surface area contributed by atoms with Crippen molar-refractivity contribution in [3.63, 3.8) is 0 Å². The summed E-state index contributed by atoms with van der Waals surface area (Å²) < 4.78 is 1.83. The third kappa shape index (κ3) is 2.18. The van der Waals surface area contributed by atoms with Crippen LogP contribution in [0.4, 0.5) is 0 Å². The fourth-order valence-corrected chi connectivity index (χ4v) is 2.96. The molecular formula is C13H16N2O2S. The van der Waals surface area contributed by atoms with Gasteiger partial charge in [0, 0.05) is 17.5 Å². The number of nitrogens with zero attached hydrogens (tertiary/aromatic N) is 2. The highest BCUT2D eigenvalue weighted by Crippen LogP contribution is 2.33. The van der Waals surface area contributed by atoms with E-state index < -0.39 is 5.97 Å². The van der Waals surface area contributed by atoms with Gasteiger partial charge in [0.05, 0.1) is 11.9 Å². The summed E-state index contributed by atoms with van der Waals surface area (Å²) in [7, 11) is 1.89. The summed E-state index contributed by atoms with van der Waals surface area (Å²) in [5.41, 5.74) is 3.21. The topological polar surface area (TPSA) is 55.1 Å².